The minimum atomic E-state index is -1.15. The van der Waals surface area contributed by atoms with Crippen LogP contribution in [-0.4, -0.2) is 40.9 Å². The Balaban J connectivity index is 2.02. The van der Waals surface area contributed by atoms with E-state index in [9.17, 15) is 19.2 Å². The zero-order valence-electron chi connectivity index (χ0n) is 16.4. The Labute approximate surface area is 163 Å². The van der Waals surface area contributed by atoms with E-state index in [1.54, 1.807) is 20.0 Å². The summed E-state index contributed by atoms with van der Waals surface area (Å²) >= 11 is 0. The maximum atomic E-state index is 12.4. The Kier molecular flexibility index (Phi) is 6.92. The van der Waals surface area contributed by atoms with Crippen LogP contribution in [0.25, 0.3) is 6.08 Å². The van der Waals surface area contributed by atoms with Crippen molar-refractivity contribution in [2.24, 2.45) is 0 Å². The molecule has 1 aromatic carbocycles. The second kappa shape index (κ2) is 9.16. The number of fused-ring (bicyclic) bond motifs is 1. The maximum Gasteiger partial charge on any atom is 0.321 e. The molecule has 0 bridgehead atoms. The zero-order chi connectivity index (χ0) is 20.8. The highest BCUT2D eigenvalue weighted by atomic mass is 16.5. The van der Waals surface area contributed by atoms with Crippen molar-refractivity contribution in [2.45, 2.75) is 52.3 Å². The molecule has 0 aliphatic carbocycles. The minimum absolute atomic E-state index is 0.114. The van der Waals surface area contributed by atoms with Crippen LogP contribution in [0.4, 0.5) is 4.79 Å². The number of urea groups is 1. The summed E-state index contributed by atoms with van der Waals surface area (Å²) < 4.78 is 5.17. The molecule has 1 heterocycles. The molecule has 0 unspecified atom stereocenters. The molecule has 1 aliphatic heterocycles. The maximum absolute atomic E-state index is 12.4. The fourth-order valence-corrected chi connectivity index (χ4v) is 2.88. The van der Waals surface area contributed by atoms with Crippen LogP contribution in [0.1, 0.15) is 51.3 Å². The van der Waals surface area contributed by atoms with E-state index in [1.807, 2.05) is 30.3 Å². The monoisotopic (exact) mass is 387 g/mol. The van der Waals surface area contributed by atoms with Crippen LogP contribution >= 0.6 is 0 Å². The number of ether oxygens (including phenoxy) is 1. The molecule has 8 nitrogen and oxygen atoms in total. The number of carbonyl (C=O) groups is 4. The Hall–Kier alpha value is -3.16. The van der Waals surface area contributed by atoms with Gasteiger partial charge in [-0.1, -0.05) is 24.3 Å². The van der Waals surface area contributed by atoms with Crippen LogP contribution in [0.2, 0.25) is 0 Å². The lowest BCUT2D eigenvalue weighted by Gasteiger charge is -2.32. The van der Waals surface area contributed by atoms with Gasteiger partial charge in [-0.2, -0.15) is 0 Å². The second-order valence-electron chi connectivity index (χ2n) is 6.84. The largest absolute Gasteiger partial charge is 0.452 e. The first-order valence-electron chi connectivity index (χ1n) is 9.06. The van der Waals surface area contributed by atoms with E-state index >= 15 is 0 Å². The highest BCUT2D eigenvalue weighted by Gasteiger charge is 2.30. The molecule has 0 saturated carbocycles. The first kappa shape index (κ1) is 21.1. The van der Waals surface area contributed by atoms with Crippen molar-refractivity contribution < 1.29 is 23.9 Å². The van der Waals surface area contributed by atoms with Gasteiger partial charge < -0.3 is 15.0 Å². The van der Waals surface area contributed by atoms with Crippen LogP contribution in [0.5, 0.6) is 0 Å². The van der Waals surface area contributed by atoms with Gasteiger partial charge in [0, 0.05) is 19.2 Å². The fraction of sp³-hybridized carbons (Fsp3) is 0.400. The summed E-state index contributed by atoms with van der Waals surface area (Å²) in [6.07, 6.45) is 2.18. The van der Waals surface area contributed by atoms with E-state index < -0.39 is 30.1 Å². The van der Waals surface area contributed by atoms with Crippen molar-refractivity contribution in [1.29, 1.82) is 0 Å². The van der Waals surface area contributed by atoms with Crippen molar-refractivity contribution in [3.8, 4) is 0 Å². The number of benzene rings is 1. The molecule has 150 valence electrons. The molecular weight excluding hydrogens is 362 g/mol. The molecule has 0 saturated heterocycles. The molecule has 1 aliphatic rings. The van der Waals surface area contributed by atoms with Crippen LogP contribution < -0.4 is 10.6 Å². The standard InChI is InChI=1S/C20H25N3O5/c1-12(2)21-20(27)22-19(26)13(3)28-18(25)11-17-16-8-6-5-7-15(16)9-10-23(17)14(4)24/h5-10,12-13,17H,11H2,1-4H3,(H2,21,22,26,27)/t13-,17-/m1/s1. The van der Waals surface area contributed by atoms with Gasteiger partial charge in [0.2, 0.25) is 5.91 Å². The fourth-order valence-electron chi connectivity index (χ4n) is 2.88. The summed E-state index contributed by atoms with van der Waals surface area (Å²) in [5.41, 5.74) is 1.74. The quantitative estimate of drug-likeness (QED) is 0.753. The van der Waals surface area contributed by atoms with Crippen molar-refractivity contribution in [3.63, 3.8) is 0 Å². The van der Waals surface area contributed by atoms with E-state index in [0.717, 1.165) is 11.1 Å². The van der Waals surface area contributed by atoms with Crippen molar-refractivity contribution >= 4 is 29.9 Å². The number of hydrogen-bond acceptors (Lipinski definition) is 5. The first-order valence-corrected chi connectivity index (χ1v) is 9.06. The number of imide groups is 1. The minimum Gasteiger partial charge on any atom is -0.452 e. The lowest BCUT2D eigenvalue weighted by molar-refractivity contribution is -0.155. The lowest BCUT2D eigenvalue weighted by atomic mass is 9.94. The third-order valence-corrected chi connectivity index (χ3v) is 4.16. The first-order chi connectivity index (χ1) is 13.2. The van der Waals surface area contributed by atoms with E-state index in [2.05, 4.69) is 10.6 Å². The average Bonchev–Trinajstić information content (AvgIpc) is 2.60. The Morgan fingerprint density at radius 2 is 1.82 bits per heavy atom. The van der Waals surface area contributed by atoms with E-state index in [4.69, 9.17) is 4.74 Å². The third kappa shape index (κ3) is 5.42. The number of carbonyl (C=O) groups excluding carboxylic acids is 4. The molecule has 2 N–H and O–H groups in total. The summed E-state index contributed by atoms with van der Waals surface area (Å²) in [5.74, 6) is -1.58. The summed E-state index contributed by atoms with van der Waals surface area (Å²) in [6.45, 7) is 6.31. The molecule has 28 heavy (non-hydrogen) atoms. The number of esters is 1. The predicted octanol–water partition coefficient (Wildman–Crippen LogP) is 2.12. The lowest BCUT2D eigenvalue weighted by Crippen LogP contribution is -2.46. The number of hydrogen-bond donors (Lipinski definition) is 2. The van der Waals surface area contributed by atoms with Gasteiger partial charge in [-0.15, -0.1) is 0 Å². The second-order valence-corrected chi connectivity index (χ2v) is 6.84. The molecule has 1 aromatic rings. The van der Waals surface area contributed by atoms with Gasteiger partial charge in [0.25, 0.3) is 5.91 Å². The van der Waals surface area contributed by atoms with Crippen molar-refractivity contribution in [2.75, 3.05) is 0 Å². The normalized spacial score (nSPS) is 16.2. The zero-order valence-corrected chi connectivity index (χ0v) is 16.4. The Morgan fingerprint density at radius 1 is 1.14 bits per heavy atom. The van der Waals surface area contributed by atoms with Crippen LogP contribution in [0, 0.1) is 0 Å². The molecule has 2 atom stereocenters. The molecule has 0 spiro atoms. The number of nitrogens with zero attached hydrogens (tertiary/aromatic N) is 1. The summed E-state index contributed by atoms with van der Waals surface area (Å²) in [4.78, 5) is 49.4. The molecule has 0 fully saturated rings. The molecule has 0 radical (unpaired) electrons. The van der Waals surface area contributed by atoms with Crippen LogP contribution in [0.15, 0.2) is 30.5 Å². The molecule has 8 heteroatoms. The number of rotatable bonds is 5. The SMILES string of the molecule is CC(=O)N1C=Cc2ccccc2[C@H]1CC(=O)O[C@H](C)C(=O)NC(=O)NC(C)C. The van der Waals surface area contributed by atoms with Gasteiger partial charge in [-0.3, -0.25) is 19.7 Å². The highest BCUT2D eigenvalue weighted by molar-refractivity contribution is 5.97. The Bertz CT molecular complexity index is 803. The van der Waals surface area contributed by atoms with Gasteiger partial charge in [0.1, 0.15) is 0 Å². The Morgan fingerprint density at radius 3 is 2.46 bits per heavy atom. The van der Waals surface area contributed by atoms with Gasteiger partial charge in [0.05, 0.1) is 12.5 Å². The van der Waals surface area contributed by atoms with Gasteiger partial charge >= 0.3 is 12.0 Å². The number of amides is 4. The summed E-state index contributed by atoms with van der Waals surface area (Å²) in [5, 5.41) is 4.63. The molecule has 0 aromatic heterocycles. The van der Waals surface area contributed by atoms with Crippen molar-refractivity contribution in [1.82, 2.24) is 15.5 Å². The van der Waals surface area contributed by atoms with Gasteiger partial charge in [-0.25, -0.2) is 4.79 Å². The van der Waals surface area contributed by atoms with E-state index in [0.29, 0.717) is 0 Å². The highest BCUT2D eigenvalue weighted by Crippen LogP contribution is 2.33. The van der Waals surface area contributed by atoms with Gasteiger partial charge in [-0.05, 0) is 38.0 Å². The van der Waals surface area contributed by atoms with Gasteiger partial charge in [0.15, 0.2) is 6.10 Å². The summed E-state index contributed by atoms with van der Waals surface area (Å²) in [6, 6.07) is 6.13. The smallest absolute Gasteiger partial charge is 0.321 e. The topological polar surface area (TPSA) is 105 Å². The average molecular weight is 387 g/mol. The predicted molar refractivity (Wildman–Crippen MR) is 103 cm³/mol. The molecule has 4 amide bonds. The summed E-state index contributed by atoms with van der Waals surface area (Å²) in [7, 11) is 0. The third-order valence-electron chi connectivity index (χ3n) is 4.16. The van der Waals surface area contributed by atoms with E-state index in [-0.39, 0.29) is 18.4 Å². The molecule has 2 rings (SSSR count). The van der Waals surface area contributed by atoms with E-state index in [1.165, 1.54) is 18.7 Å². The van der Waals surface area contributed by atoms with Crippen LogP contribution in [-0.2, 0) is 19.1 Å². The number of nitrogens with one attached hydrogen (secondary N) is 2. The molecular formula is C20H25N3O5. The van der Waals surface area contributed by atoms with Crippen LogP contribution in [0.3, 0.4) is 0 Å². The van der Waals surface area contributed by atoms with Crippen molar-refractivity contribution in [3.05, 3.63) is 41.6 Å².